The molecule has 0 bridgehead atoms. The van der Waals surface area contributed by atoms with Crippen molar-refractivity contribution in [3.63, 3.8) is 0 Å². The Bertz CT molecular complexity index is 740. The van der Waals surface area contributed by atoms with Crippen LogP contribution in [0.15, 0.2) is 30.6 Å². The van der Waals surface area contributed by atoms with E-state index in [4.69, 9.17) is 9.47 Å². The van der Waals surface area contributed by atoms with Gasteiger partial charge in [-0.05, 0) is 36.1 Å². The maximum atomic E-state index is 12.7. The number of ether oxygens (including phenoxy) is 2. The molecule has 0 aliphatic carbocycles. The molecule has 1 aromatic carbocycles. The number of nitrogens with zero attached hydrogens (tertiary/aromatic N) is 3. The van der Waals surface area contributed by atoms with Gasteiger partial charge in [-0.3, -0.25) is 9.48 Å². The third kappa shape index (κ3) is 2.65. The summed E-state index contributed by atoms with van der Waals surface area (Å²) >= 11 is 0. The van der Waals surface area contributed by atoms with Crippen molar-refractivity contribution in [2.24, 2.45) is 7.05 Å². The van der Waals surface area contributed by atoms with Crippen LogP contribution in [0.5, 0.6) is 11.5 Å². The molecule has 1 saturated heterocycles. The van der Waals surface area contributed by atoms with E-state index in [9.17, 15) is 4.79 Å². The number of fused-ring (bicyclic) bond motifs is 1. The number of carbonyl (C=O) groups is 1. The zero-order chi connectivity index (χ0) is 15.8. The molecule has 23 heavy (non-hydrogen) atoms. The Labute approximate surface area is 134 Å². The number of aryl methyl sites for hydroxylation is 1. The monoisotopic (exact) mass is 313 g/mol. The fourth-order valence-electron chi connectivity index (χ4n) is 3.37. The highest BCUT2D eigenvalue weighted by Crippen LogP contribution is 2.39. The first-order valence-electron chi connectivity index (χ1n) is 7.87. The van der Waals surface area contributed by atoms with Crippen molar-refractivity contribution in [2.45, 2.75) is 25.3 Å². The van der Waals surface area contributed by atoms with Gasteiger partial charge < -0.3 is 14.4 Å². The van der Waals surface area contributed by atoms with Gasteiger partial charge in [-0.15, -0.1) is 0 Å². The lowest BCUT2D eigenvalue weighted by atomic mass is 10.0. The highest BCUT2D eigenvalue weighted by Gasteiger charge is 2.31. The Morgan fingerprint density at radius 2 is 2.22 bits per heavy atom. The largest absolute Gasteiger partial charge is 0.454 e. The van der Waals surface area contributed by atoms with Crippen LogP contribution in [0, 0.1) is 0 Å². The zero-order valence-electron chi connectivity index (χ0n) is 13.1. The molecule has 2 aliphatic heterocycles. The first-order valence-corrected chi connectivity index (χ1v) is 7.87. The molecule has 1 aromatic heterocycles. The molecule has 2 aromatic rings. The molecule has 120 valence electrons. The maximum absolute atomic E-state index is 12.7. The molecule has 0 N–H and O–H groups in total. The average Bonchev–Trinajstić information content (AvgIpc) is 3.25. The van der Waals surface area contributed by atoms with Gasteiger partial charge in [0.25, 0.3) is 0 Å². The predicted octanol–water partition coefficient (Wildman–Crippen LogP) is 2.05. The van der Waals surface area contributed by atoms with E-state index in [0.717, 1.165) is 42.0 Å². The van der Waals surface area contributed by atoms with Crippen molar-refractivity contribution >= 4 is 5.91 Å². The molecule has 1 amide bonds. The Balaban J connectivity index is 1.53. The second-order valence-corrected chi connectivity index (χ2v) is 6.06. The summed E-state index contributed by atoms with van der Waals surface area (Å²) in [6, 6.07) is 6.09. The van der Waals surface area contributed by atoms with Gasteiger partial charge in [0.1, 0.15) is 0 Å². The number of amides is 1. The van der Waals surface area contributed by atoms with Gasteiger partial charge in [0.05, 0.1) is 18.7 Å². The van der Waals surface area contributed by atoms with Crippen LogP contribution in [0.1, 0.15) is 30.0 Å². The summed E-state index contributed by atoms with van der Waals surface area (Å²) in [5.74, 6) is 1.70. The van der Waals surface area contributed by atoms with Crippen LogP contribution >= 0.6 is 0 Å². The van der Waals surface area contributed by atoms with Crippen LogP contribution in [0.3, 0.4) is 0 Å². The normalized spacial score (nSPS) is 19.3. The summed E-state index contributed by atoms with van der Waals surface area (Å²) < 4.78 is 12.5. The van der Waals surface area contributed by atoms with Crippen molar-refractivity contribution in [2.75, 3.05) is 13.3 Å². The molecular formula is C17H19N3O3. The van der Waals surface area contributed by atoms with Gasteiger partial charge in [0, 0.05) is 19.8 Å². The number of hydrogen-bond acceptors (Lipinski definition) is 4. The van der Waals surface area contributed by atoms with Gasteiger partial charge >= 0.3 is 0 Å². The molecule has 2 aliphatic rings. The minimum atomic E-state index is 0.119. The molecule has 0 spiro atoms. The summed E-state index contributed by atoms with van der Waals surface area (Å²) in [6.07, 6.45) is 6.05. The summed E-state index contributed by atoms with van der Waals surface area (Å²) in [5, 5.41) is 4.13. The Morgan fingerprint density at radius 1 is 1.35 bits per heavy atom. The number of benzene rings is 1. The SMILES string of the molecule is Cn1cc(CC(=O)N2CCC[C@H]2c2ccc3c(c2)OCO3)cn1. The first kappa shape index (κ1) is 14.1. The highest BCUT2D eigenvalue weighted by molar-refractivity contribution is 5.79. The predicted molar refractivity (Wildman–Crippen MR) is 83.2 cm³/mol. The molecule has 1 atom stereocenters. The van der Waals surface area contributed by atoms with E-state index in [1.165, 1.54) is 0 Å². The first-order chi connectivity index (χ1) is 11.2. The fourth-order valence-corrected chi connectivity index (χ4v) is 3.37. The molecule has 0 saturated carbocycles. The summed E-state index contributed by atoms with van der Waals surface area (Å²) in [7, 11) is 1.86. The summed E-state index contributed by atoms with van der Waals surface area (Å²) in [4.78, 5) is 14.7. The van der Waals surface area contributed by atoms with Crippen molar-refractivity contribution in [3.8, 4) is 11.5 Å². The molecule has 3 heterocycles. The number of rotatable bonds is 3. The van der Waals surface area contributed by atoms with Crippen LogP contribution in [-0.4, -0.2) is 33.9 Å². The quantitative estimate of drug-likeness (QED) is 0.870. The van der Waals surface area contributed by atoms with Crippen LogP contribution in [0.4, 0.5) is 0 Å². The Morgan fingerprint density at radius 3 is 3.04 bits per heavy atom. The molecule has 6 nitrogen and oxygen atoms in total. The third-order valence-corrected chi connectivity index (χ3v) is 4.47. The topological polar surface area (TPSA) is 56.6 Å². The number of carbonyl (C=O) groups excluding carboxylic acids is 1. The van der Waals surface area contributed by atoms with Crippen LogP contribution in [0.25, 0.3) is 0 Å². The lowest BCUT2D eigenvalue weighted by Crippen LogP contribution is -2.31. The molecule has 0 unspecified atom stereocenters. The summed E-state index contributed by atoms with van der Waals surface area (Å²) in [6.45, 7) is 1.07. The van der Waals surface area contributed by atoms with Crippen molar-refractivity contribution in [1.29, 1.82) is 0 Å². The maximum Gasteiger partial charge on any atom is 0.231 e. The Hall–Kier alpha value is -2.50. The minimum absolute atomic E-state index is 0.119. The van der Waals surface area contributed by atoms with E-state index in [1.54, 1.807) is 10.9 Å². The number of aromatic nitrogens is 2. The number of hydrogen-bond donors (Lipinski definition) is 0. The smallest absolute Gasteiger partial charge is 0.231 e. The van der Waals surface area contributed by atoms with Crippen LogP contribution in [-0.2, 0) is 18.3 Å². The van der Waals surface area contributed by atoms with Crippen molar-refractivity contribution < 1.29 is 14.3 Å². The average molecular weight is 313 g/mol. The molecule has 1 fully saturated rings. The molecule has 0 radical (unpaired) electrons. The van der Waals surface area contributed by atoms with Crippen molar-refractivity contribution in [1.82, 2.24) is 14.7 Å². The van der Waals surface area contributed by atoms with Crippen LogP contribution in [0.2, 0.25) is 0 Å². The Kier molecular flexibility index (Phi) is 3.44. The second-order valence-electron chi connectivity index (χ2n) is 6.06. The lowest BCUT2D eigenvalue weighted by Gasteiger charge is -2.25. The van der Waals surface area contributed by atoms with E-state index >= 15 is 0 Å². The second kappa shape index (κ2) is 5.61. The van der Waals surface area contributed by atoms with E-state index in [-0.39, 0.29) is 18.7 Å². The minimum Gasteiger partial charge on any atom is -0.454 e. The molecule has 4 rings (SSSR count). The summed E-state index contributed by atoms with van der Waals surface area (Å²) in [5.41, 5.74) is 2.07. The zero-order valence-corrected chi connectivity index (χ0v) is 13.1. The number of likely N-dealkylation sites (tertiary alicyclic amines) is 1. The van der Waals surface area contributed by atoms with Crippen molar-refractivity contribution in [3.05, 3.63) is 41.7 Å². The van der Waals surface area contributed by atoms with E-state index in [2.05, 4.69) is 5.10 Å². The van der Waals surface area contributed by atoms with Crippen LogP contribution < -0.4 is 9.47 Å². The van der Waals surface area contributed by atoms with Gasteiger partial charge in [0.15, 0.2) is 11.5 Å². The van der Waals surface area contributed by atoms with Gasteiger partial charge in [-0.2, -0.15) is 5.10 Å². The van der Waals surface area contributed by atoms with E-state index in [0.29, 0.717) is 6.42 Å². The molecule has 6 heteroatoms. The fraction of sp³-hybridized carbons (Fsp3) is 0.412. The third-order valence-electron chi connectivity index (χ3n) is 4.47. The van der Waals surface area contributed by atoms with E-state index in [1.807, 2.05) is 36.3 Å². The van der Waals surface area contributed by atoms with Gasteiger partial charge in [0.2, 0.25) is 12.7 Å². The standard InChI is InChI=1S/C17H19N3O3/c1-19-10-12(9-18-19)7-17(21)20-6-2-3-14(20)13-4-5-15-16(8-13)23-11-22-15/h4-5,8-10,14H,2-3,6-7,11H2,1H3/t14-/m0/s1. The van der Waals surface area contributed by atoms with E-state index < -0.39 is 0 Å². The van der Waals surface area contributed by atoms with Gasteiger partial charge in [-0.1, -0.05) is 6.07 Å². The van der Waals surface area contributed by atoms with Gasteiger partial charge in [-0.25, -0.2) is 0 Å². The lowest BCUT2D eigenvalue weighted by molar-refractivity contribution is -0.131. The highest BCUT2D eigenvalue weighted by atomic mass is 16.7. The molecular weight excluding hydrogens is 294 g/mol.